The molecular weight excluding hydrogens is 432 g/mol. The molecule has 2 amide bonds. The number of nitrogens with zero attached hydrogens (tertiary/aromatic N) is 1. The van der Waals surface area contributed by atoms with Crippen molar-refractivity contribution < 1.29 is 24.2 Å². The number of rotatable bonds is 8. The fourth-order valence-corrected chi connectivity index (χ4v) is 5.15. The molecule has 0 radical (unpaired) electrons. The highest BCUT2D eigenvalue weighted by molar-refractivity contribution is 5.81. The molecule has 4 rings (SSSR count). The number of carboxylic acid groups (broad SMARTS) is 1. The molecule has 1 saturated heterocycles. The quantitative estimate of drug-likeness (QED) is 0.608. The number of fused-ring (bicyclic) bond motifs is 3. The third kappa shape index (κ3) is 5.08. The third-order valence-electron chi connectivity index (χ3n) is 6.91. The molecule has 1 fully saturated rings. The van der Waals surface area contributed by atoms with Crippen molar-refractivity contribution in [1.82, 2.24) is 10.2 Å². The van der Waals surface area contributed by atoms with Gasteiger partial charge in [0, 0.05) is 25.6 Å². The topological polar surface area (TPSA) is 95.9 Å². The first-order chi connectivity index (χ1) is 16.5. The van der Waals surface area contributed by atoms with Gasteiger partial charge in [0.1, 0.15) is 6.61 Å². The van der Waals surface area contributed by atoms with Crippen LogP contribution >= 0.6 is 0 Å². The largest absolute Gasteiger partial charge is 0.481 e. The standard InChI is InChI=1S/C27H32N2O5/c1-2-8-18(25(30)29-14-7-9-19(16-29)26(31)32)15-28-27(33)34-17-24-22-12-5-3-10-20(22)21-11-4-6-13-23(21)24/h3-6,10-13,18-19,24H,2,7-9,14-17H2,1H3,(H,28,33)(H,31,32)/t18?,19-/m0/s1. The zero-order valence-electron chi connectivity index (χ0n) is 19.5. The van der Waals surface area contributed by atoms with Gasteiger partial charge in [0.15, 0.2) is 0 Å². The SMILES string of the molecule is CCCC(CNC(=O)OCC1c2ccccc2-c2ccccc21)C(=O)N1CCC[C@H](C(=O)O)C1. The maximum atomic E-state index is 13.1. The van der Waals surface area contributed by atoms with Gasteiger partial charge in [-0.25, -0.2) is 4.79 Å². The summed E-state index contributed by atoms with van der Waals surface area (Å²) in [6.07, 6.45) is 2.14. The van der Waals surface area contributed by atoms with Gasteiger partial charge in [-0.15, -0.1) is 0 Å². The maximum Gasteiger partial charge on any atom is 0.407 e. The average molecular weight is 465 g/mol. The number of carboxylic acids is 1. The van der Waals surface area contributed by atoms with Gasteiger partial charge in [-0.2, -0.15) is 0 Å². The summed E-state index contributed by atoms with van der Waals surface area (Å²) >= 11 is 0. The fourth-order valence-electron chi connectivity index (χ4n) is 5.15. The lowest BCUT2D eigenvalue weighted by Crippen LogP contribution is -2.47. The van der Waals surface area contributed by atoms with E-state index >= 15 is 0 Å². The lowest BCUT2D eigenvalue weighted by Gasteiger charge is -2.33. The van der Waals surface area contributed by atoms with Crippen LogP contribution in [-0.4, -0.2) is 54.2 Å². The highest BCUT2D eigenvalue weighted by Crippen LogP contribution is 2.44. The molecule has 7 heteroatoms. The van der Waals surface area contributed by atoms with Crippen LogP contribution in [0.1, 0.15) is 49.7 Å². The first-order valence-electron chi connectivity index (χ1n) is 12.1. The van der Waals surface area contributed by atoms with E-state index in [1.165, 1.54) is 11.1 Å². The number of piperidine rings is 1. The predicted octanol–water partition coefficient (Wildman–Crippen LogP) is 4.26. The Balaban J connectivity index is 1.34. The monoisotopic (exact) mass is 464 g/mol. The molecule has 0 saturated carbocycles. The van der Waals surface area contributed by atoms with Gasteiger partial charge >= 0.3 is 12.1 Å². The molecule has 2 N–H and O–H groups in total. The molecule has 34 heavy (non-hydrogen) atoms. The second kappa shape index (κ2) is 10.7. The Hall–Kier alpha value is -3.35. The summed E-state index contributed by atoms with van der Waals surface area (Å²) in [5, 5.41) is 12.1. The number of ether oxygens (including phenoxy) is 1. The summed E-state index contributed by atoms with van der Waals surface area (Å²) in [6.45, 7) is 3.19. The van der Waals surface area contributed by atoms with Crippen LogP contribution in [0.15, 0.2) is 48.5 Å². The van der Waals surface area contributed by atoms with Gasteiger partial charge in [-0.3, -0.25) is 9.59 Å². The van der Waals surface area contributed by atoms with E-state index in [-0.39, 0.29) is 31.5 Å². The van der Waals surface area contributed by atoms with Crippen molar-refractivity contribution in [2.24, 2.45) is 11.8 Å². The van der Waals surface area contributed by atoms with Gasteiger partial charge in [0.2, 0.25) is 5.91 Å². The van der Waals surface area contributed by atoms with Crippen LogP contribution in [0.3, 0.4) is 0 Å². The lowest BCUT2D eigenvalue weighted by atomic mass is 9.95. The minimum absolute atomic E-state index is 0.0208. The van der Waals surface area contributed by atoms with Crippen LogP contribution in [-0.2, 0) is 14.3 Å². The number of hydrogen-bond donors (Lipinski definition) is 2. The molecule has 0 aromatic heterocycles. The Kier molecular flexibility index (Phi) is 7.50. The number of alkyl carbamates (subject to hydrolysis) is 1. The minimum atomic E-state index is -0.860. The second-order valence-corrected chi connectivity index (χ2v) is 9.15. The van der Waals surface area contributed by atoms with E-state index in [9.17, 15) is 19.5 Å². The number of hydrogen-bond acceptors (Lipinski definition) is 4. The molecule has 1 aliphatic carbocycles. The van der Waals surface area contributed by atoms with Crippen molar-refractivity contribution in [1.29, 1.82) is 0 Å². The Labute approximate surface area is 200 Å². The molecular formula is C27H32N2O5. The number of likely N-dealkylation sites (tertiary alicyclic amines) is 1. The highest BCUT2D eigenvalue weighted by Gasteiger charge is 2.32. The summed E-state index contributed by atoms with van der Waals surface area (Å²) in [5.41, 5.74) is 4.63. The summed E-state index contributed by atoms with van der Waals surface area (Å²) in [5.74, 6) is -1.88. The van der Waals surface area contributed by atoms with Crippen LogP contribution in [0.5, 0.6) is 0 Å². The maximum absolute atomic E-state index is 13.1. The number of nitrogens with one attached hydrogen (secondary N) is 1. The molecule has 0 bridgehead atoms. The Morgan fingerprint density at radius 3 is 2.35 bits per heavy atom. The van der Waals surface area contributed by atoms with Crippen LogP contribution in [0.4, 0.5) is 4.79 Å². The molecule has 2 aromatic rings. The van der Waals surface area contributed by atoms with E-state index in [0.29, 0.717) is 25.8 Å². The summed E-state index contributed by atoms with van der Waals surface area (Å²) in [4.78, 5) is 38.6. The number of carbonyl (C=O) groups excluding carboxylic acids is 2. The van der Waals surface area contributed by atoms with Gasteiger partial charge in [-0.05, 0) is 41.5 Å². The number of aliphatic carboxylic acids is 1. The van der Waals surface area contributed by atoms with E-state index in [4.69, 9.17) is 4.74 Å². The molecule has 2 atom stereocenters. The molecule has 1 aliphatic heterocycles. The molecule has 1 unspecified atom stereocenters. The molecule has 180 valence electrons. The second-order valence-electron chi connectivity index (χ2n) is 9.15. The predicted molar refractivity (Wildman–Crippen MR) is 128 cm³/mol. The Bertz CT molecular complexity index is 1010. The van der Waals surface area contributed by atoms with Gasteiger partial charge < -0.3 is 20.1 Å². The normalized spacial score (nSPS) is 18.0. The van der Waals surface area contributed by atoms with Crippen molar-refractivity contribution in [3.8, 4) is 11.1 Å². The summed E-state index contributed by atoms with van der Waals surface area (Å²) in [7, 11) is 0. The van der Waals surface area contributed by atoms with Crippen molar-refractivity contribution in [3.05, 3.63) is 59.7 Å². The summed E-state index contributed by atoms with van der Waals surface area (Å²) in [6, 6.07) is 16.3. The third-order valence-corrected chi connectivity index (χ3v) is 6.91. The number of carbonyl (C=O) groups is 3. The van der Waals surface area contributed by atoms with E-state index < -0.39 is 23.9 Å². The van der Waals surface area contributed by atoms with E-state index in [1.54, 1.807) is 4.90 Å². The zero-order valence-corrected chi connectivity index (χ0v) is 19.5. The van der Waals surface area contributed by atoms with Crippen molar-refractivity contribution >= 4 is 18.0 Å². The smallest absolute Gasteiger partial charge is 0.407 e. The van der Waals surface area contributed by atoms with Crippen LogP contribution in [0, 0.1) is 11.8 Å². The molecule has 2 aromatic carbocycles. The van der Waals surface area contributed by atoms with Crippen molar-refractivity contribution in [2.75, 3.05) is 26.2 Å². The molecule has 7 nitrogen and oxygen atoms in total. The highest BCUT2D eigenvalue weighted by atomic mass is 16.5. The molecule has 1 heterocycles. The lowest BCUT2D eigenvalue weighted by molar-refractivity contribution is -0.146. The van der Waals surface area contributed by atoms with Crippen LogP contribution in [0.25, 0.3) is 11.1 Å². The van der Waals surface area contributed by atoms with Gasteiger partial charge in [-0.1, -0.05) is 61.9 Å². The zero-order chi connectivity index (χ0) is 24.1. The fraction of sp³-hybridized carbons (Fsp3) is 0.444. The van der Waals surface area contributed by atoms with Crippen molar-refractivity contribution in [2.45, 2.75) is 38.5 Å². The average Bonchev–Trinajstić information content (AvgIpc) is 3.18. The van der Waals surface area contributed by atoms with E-state index in [2.05, 4.69) is 29.6 Å². The minimum Gasteiger partial charge on any atom is -0.481 e. The van der Waals surface area contributed by atoms with Crippen LogP contribution < -0.4 is 5.32 Å². The summed E-state index contributed by atoms with van der Waals surface area (Å²) < 4.78 is 5.59. The number of amides is 2. The Morgan fingerprint density at radius 1 is 1.09 bits per heavy atom. The Morgan fingerprint density at radius 2 is 1.74 bits per heavy atom. The molecule has 2 aliphatic rings. The first-order valence-corrected chi connectivity index (χ1v) is 12.1. The van der Waals surface area contributed by atoms with Crippen LogP contribution in [0.2, 0.25) is 0 Å². The number of benzene rings is 2. The van der Waals surface area contributed by atoms with E-state index in [0.717, 1.165) is 17.5 Å². The van der Waals surface area contributed by atoms with Gasteiger partial charge in [0.25, 0.3) is 0 Å². The van der Waals surface area contributed by atoms with E-state index in [1.807, 2.05) is 31.2 Å². The van der Waals surface area contributed by atoms with Gasteiger partial charge in [0.05, 0.1) is 11.8 Å². The first kappa shape index (κ1) is 23.8. The molecule has 0 spiro atoms. The van der Waals surface area contributed by atoms with Crippen molar-refractivity contribution in [3.63, 3.8) is 0 Å².